The smallest absolute Gasteiger partial charge is 0.342 e. The van der Waals surface area contributed by atoms with Crippen molar-refractivity contribution in [1.82, 2.24) is 0 Å². The van der Waals surface area contributed by atoms with Gasteiger partial charge in [0.05, 0.1) is 4.91 Å². The van der Waals surface area contributed by atoms with Gasteiger partial charge >= 0.3 is 5.97 Å². The van der Waals surface area contributed by atoms with E-state index >= 15 is 0 Å². The van der Waals surface area contributed by atoms with Crippen molar-refractivity contribution in [3.05, 3.63) is 40.6 Å². The predicted molar refractivity (Wildman–Crippen MR) is 55.5 cm³/mol. The van der Waals surface area contributed by atoms with Crippen LogP contribution in [0.4, 0.5) is 4.39 Å². The number of hydrogen-bond acceptors (Lipinski definition) is 2. The van der Waals surface area contributed by atoms with Crippen LogP contribution in [0.15, 0.2) is 29.2 Å². The van der Waals surface area contributed by atoms with Crippen molar-refractivity contribution >= 4 is 23.8 Å². The third-order valence-electron chi connectivity index (χ3n) is 1.62. The first-order valence-electron chi connectivity index (χ1n) is 3.88. The summed E-state index contributed by atoms with van der Waals surface area (Å²) in [6.07, 6.45) is 2.96. The van der Waals surface area contributed by atoms with Crippen molar-refractivity contribution < 1.29 is 14.3 Å². The van der Waals surface area contributed by atoms with E-state index in [4.69, 9.17) is 5.11 Å². The molecule has 14 heavy (non-hydrogen) atoms. The maximum absolute atomic E-state index is 13.1. The lowest BCUT2D eigenvalue weighted by Gasteiger charge is -1.98. The zero-order valence-electron chi connectivity index (χ0n) is 7.53. The number of carboxylic acid groups (broad SMARTS) is 1. The highest BCUT2D eigenvalue weighted by atomic mass is 32.2. The molecule has 0 radical (unpaired) electrons. The molecular formula is C10H9FO2S. The van der Waals surface area contributed by atoms with Gasteiger partial charge in [0.2, 0.25) is 0 Å². The van der Waals surface area contributed by atoms with Crippen LogP contribution in [0.25, 0.3) is 6.08 Å². The van der Waals surface area contributed by atoms with Gasteiger partial charge in [-0.3, -0.25) is 0 Å². The fourth-order valence-electron chi connectivity index (χ4n) is 0.941. The Bertz CT molecular complexity index is 374. The van der Waals surface area contributed by atoms with Crippen molar-refractivity contribution in [1.29, 1.82) is 0 Å². The van der Waals surface area contributed by atoms with Gasteiger partial charge in [-0.25, -0.2) is 9.18 Å². The van der Waals surface area contributed by atoms with Gasteiger partial charge in [-0.05, 0) is 18.4 Å². The van der Waals surface area contributed by atoms with Gasteiger partial charge in [0.25, 0.3) is 0 Å². The number of thioether (sulfide) groups is 1. The van der Waals surface area contributed by atoms with Gasteiger partial charge in [-0.1, -0.05) is 18.2 Å². The number of carboxylic acids is 1. The van der Waals surface area contributed by atoms with Gasteiger partial charge in [-0.15, -0.1) is 11.8 Å². The summed E-state index contributed by atoms with van der Waals surface area (Å²) < 4.78 is 13.1. The Morgan fingerprint density at radius 3 is 2.64 bits per heavy atom. The highest BCUT2D eigenvalue weighted by molar-refractivity contribution is 8.03. The van der Waals surface area contributed by atoms with E-state index in [1.165, 1.54) is 18.2 Å². The number of aliphatic carboxylic acids is 1. The first-order valence-corrected chi connectivity index (χ1v) is 5.11. The average molecular weight is 212 g/mol. The lowest BCUT2D eigenvalue weighted by Crippen LogP contribution is -1.96. The lowest BCUT2D eigenvalue weighted by molar-refractivity contribution is -0.131. The number of hydrogen-bond donors (Lipinski definition) is 1. The number of carbonyl (C=O) groups is 1. The van der Waals surface area contributed by atoms with Crippen molar-refractivity contribution in [2.45, 2.75) is 0 Å². The molecule has 74 valence electrons. The van der Waals surface area contributed by atoms with Crippen LogP contribution in [-0.4, -0.2) is 17.3 Å². The third kappa shape index (κ3) is 2.60. The van der Waals surface area contributed by atoms with E-state index in [0.29, 0.717) is 5.56 Å². The number of halogens is 1. The summed E-state index contributed by atoms with van der Waals surface area (Å²) in [4.78, 5) is 10.8. The van der Waals surface area contributed by atoms with Crippen LogP contribution in [0.1, 0.15) is 5.56 Å². The minimum Gasteiger partial charge on any atom is -0.477 e. The van der Waals surface area contributed by atoms with E-state index in [9.17, 15) is 9.18 Å². The van der Waals surface area contributed by atoms with E-state index in [0.717, 1.165) is 11.8 Å². The molecule has 0 aliphatic rings. The van der Waals surface area contributed by atoms with E-state index in [-0.39, 0.29) is 4.91 Å². The minimum atomic E-state index is -1.04. The highest BCUT2D eigenvalue weighted by Crippen LogP contribution is 2.18. The normalized spacial score (nSPS) is 11.4. The molecule has 0 spiro atoms. The summed E-state index contributed by atoms with van der Waals surface area (Å²) >= 11 is 1.08. The number of rotatable bonds is 3. The molecule has 2 nitrogen and oxygen atoms in total. The minimum absolute atomic E-state index is 0.120. The first-order chi connectivity index (χ1) is 6.65. The molecule has 4 heteroatoms. The second-order valence-corrected chi connectivity index (χ2v) is 3.39. The molecule has 0 bridgehead atoms. The second-order valence-electron chi connectivity index (χ2n) is 2.54. The van der Waals surface area contributed by atoms with E-state index in [2.05, 4.69) is 0 Å². The molecule has 0 aliphatic carbocycles. The van der Waals surface area contributed by atoms with Crippen LogP contribution in [0, 0.1) is 5.82 Å². The fraction of sp³-hybridized carbons (Fsp3) is 0.100. The topological polar surface area (TPSA) is 37.3 Å². The largest absolute Gasteiger partial charge is 0.477 e. The summed E-state index contributed by atoms with van der Waals surface area (Å²) in [5.41, 5.74) is 0.291. The van der Waals surface area contributed by atoms with E-state index < -0.39 is 11.8 Å². The van der Waals surface area contributed by atoms with Gasteiger partial charge in [0.15, 0.2) is 0 Å². The molecule has 0 saturated carbocycles. The van der Waals surface area contributed by atoms with Gasteiger partial charge in [0.1, 0.15) is 5.82 Å². The zero-order valence-corrected chi connectivity index (χ0v) is 8.34. The Morgan fingerprint density at radius 2 is 2.14 bits per heavy atom. The van der Waals surface area contributed by atoms with Gasteiger partial charge < -0.3 is 5.11 Å². The Morgan fingerprint density at radius 1 is 1.50 bits per heavy atom. The van der Waals surface area contributed by atoms with Gasteiger partial charge in [-0.2, -0.15) is 0 Å². The van der Waals surface area contributed by atoms with E-state index in [1.54, 1.807) is 18.4 Å². The molecule has 0 heterocycles. The van der Waals surface area contributed by atoms with Crippen LogP contribution in [-0.2, 0) is 4.79 Å². The summed E-state index contributed by atoms with van der Waals surface area (Å²) in [5.74, 6) is -1.46. The summed E-state index contributed by atoms with van der Waals surface area (Å²) in [6.45, 7) is 0. The van der Waals surface area contributed by atoms with Crippen LogP contribution in [0.5, 0.6) is 0 Å². The SMILES string of the molecule is CS/C(=C/c1ccccc1F)C(=O)O. The quantitative estimate of drug-likeness (QED) is 0.782. The van der Waals surface area contributed by atoms with Gasteiger partial charge in [0, 0.05) is 5.56 Å². The highest BCUT2D eigenvalue weighted by Gasteiger charge is 2.06. The standard InChI is InChI=1S/C10H9FO2S/c1-14-9(10(12)13)6-7-4-2-3-5-8(7)11/h2-6H,1H3,(H,12,13)/b9-6+. The fourth-order valence-corrected chi connectivity index (χ4v) is 1.36. The summed E-state index contributed by atoms with van der Waals surface area (Å²) in [6, 6.07) is 6.06. The molecule has 1 aromatic rings. The molecule has 0 fully saturated rings. The third-order valence-corrected chi connectivity index (χ3v) is 2.35. The van der Waals surface area contributed by atoms with Crippen LogP contribution < -0.4 is 0 Å². The molecule has 0 aromatic heterocycles. The molecule has 0 atom stereocenters. The van der Waals surface area contributed by atoms with Crippen LogP contribution in [0.2, 0.25) is 0 Å². The molecule has 1 rings (SSSR count). The molecule has 1 aromatic carbocycles. The summed E-state index contributed by atoms with van der Waals surface area (Å²) in [7, 11) is 0. The second kappa shape index (κ2) is 4.81. The Balaban J connectivity index is 3.07. The Labute approximate surface area is 85.4 Å². The van der Waals surface area contributed by atoms with Crippen molar-refractivity contribution in [2.75, 3.05) is 6.26 Å². The molecular weight excluding hydrogens is 203 g/mol. The average Bonchev–Trinajstić information content (AvgIpc) is 2.16. The number of benzene rings is 1. The first kappa shape index (κ1) is 10.8. The summed E-state index contributed by atoms with van der Waals surface area (Å²) in [5, 5.41) is 8.71. The van der Waals surface area contributed by atoms with Crippen molar-refractivity contribution in [3.63, 3.8) is 0 Å². The predicted octanol–water partition coefficient (Wildman–Crippen LogP) is 2.61. The molecule has 0 saturated heterocycles. The monoisotopic (exact) mass is 212 g/mol. The van der Waals surface area contributed by atoms with Crippen LogP contribution in [0.3, 0.4) is 0 Å². The van der Waals surface area contributed by atoms with E-state index in [1.807, 2.05) is 0 Å². The Kier molecular flexibility index (Phi) is 3.71. The Hall–Kier alpha value is -1.29. The molecule has 0 unspecified atom stereocenters. The van der Waals surface area contributed by atoms with Crippen molar-refractivity contribution in [3.8, 4) is 0 Å². The maximum Gasteiger partial charge on any atom is 0.342 e. The van der Waals surface area contributed by atoms with Crippen molar-refractivity contribution in [2.24, 2.45) is 0 Å². The lowest BCUT2D eigenvalue weighted by atomic mass is 10.2. The maximum atomic E-state index is 13.1. The van der Waals surface area contributed by atoms with Crippen LogP contribution >= 0.6 is 11.8 Å². The molecule has 1 N–H and O–H groups in total. The molecule has 0 aliphatic heterocycles. The zero-order chi connectivity index (χ0) is 10.6. The molecule has 0 amide bonds.